The number of rotatable bonds is 15. The predicted octanol–water partition coefficient (Wildman–Crippen LogP) is 4.32. The third-order valence-corrected chi connectivity index (χ3v) is 9.24. The van der Waals surface area contributed by atoms with Gasteiger partial charge in [-0.2, -0.15) is 8.42 Å². The number of aliphatic carboxylic acids is 1. The number of carboxylic acids is 1. The number of unbranched alkanes of at least 4 members (excludes halogenated alkanes) is 1. The van der Waals surface area contributed by atoms with Crippen LogP contribution in [0.15, 0.2) is 84.0 Å². The monoisotopic (exact) mass is 689 g/mol. The molecule has 1 aliphatic heterocycles. The molecule has 1 aliphatic rings. The van der Waals surface area contributed by atoms with Gasteiger partial charge in [0.15, 0.2) is 16.9 Å². The second-order valence-electron chi connectivity index (χ2n) is 11.7. The fraction of sp³-hybridized carbons (Fsp3) is 0.314. The van der Waals surface area contributed by atoms with Gasteiger partial charge in [-0.15, -0.1) is 0 Å². The number of benzene rings is 3. The number of amides is 2. The van der Waals surface area contributed by atoms with E-state index in [1.807, 2.05) is 22.9 Å². The summed E-state index contributed by atoms with van der Waals surface area (Å²) in [5.74, 6) is -1.12. The molecule has 0 saturated carbocycles. The van der Waals surface area contributed by atoms with Crippen molar-refractivity contribution in [3.63, 3.8) is 0 Å². The van der Waals surface area contributed by atoms with Gasteiger partial charge >= 0.3 is 5.97 Å². The van der Waals surface area contributed by atoms with Crippen LogP contribution in [0.4, 0.5) is 11.4 Å². The summed E-state index contributed by atoms with van der Waals surface area (Å²) in [6.07, 6.45) is 2.99. The molecular formula is C35H39N5O8S. The molecule has 3 N–H and O–H groups in total. The zero-order valence-electron chi connectivity index (χ0n) is 27.3. The second kappa shape index (κ2) is 15.7. The van der Waals surface area contributed by atoms with Crippen LogP contribution in [-0.2, 0) is 33.1 Å². The molecule has 0 aliphatic carbocycles. The van der Waals surface area contributed by atoms with Crippen LogP contribution >= 0.6 is 0 Å². The molecule has 2 amide bonds. The molecular weight excluding hydrogens is 650 g/mol. The smallest absolute Gasteiger partial charge is 0.303 e. The third-order valence-electron chi connectivity index (χ3n) is 8.03. The summed E-state index contributed by atoms with van der Waals surface area (Å²) < 4.78 is 41.4. The van der Waals surface area contributed by atoms with E-state index in [4.69, 9.17) is 9.47 Å². The average Bonchev–Trinajstić information content (AvgIpc) is 3.43. The van der Waals surface area contributed by atoms with Gasteiger partial charge in [-0.05, 0) is 74.6 Å². The SMILES string of the molecule is Cc1nc(S(=O)(=O)NC(=O)C2CN(CCCC(=O)O)c3cccc(NC(=O)c4ccc(OCCCCc5ccccc5)cc4)c3O2)cn1C. The molecule has 0 spiro atoms. The highest BCUT2D eigenvalue weighted by Gasteiger charge is 2.35. The first kappa shape index (κ1) is 35.0. The summed E-state index contributed by atoms with van der Waals surface area (Å²) in [4.78, 5) is 43.6. The third kappa shape index (κ3) is 9.16. The number of imidazole rings is 1. The molecule has 0 bridgehead atoms. The van der Waals surface area contributed by atoms with Crippen molar-refractivity contribution in [3.8, 4) is 11.5 Å². The summed E-state index contributed by atoms with van der Waals surface area (Å²) in [6.45, 7) is 2.36. The van der Waals surface area contributed by atoms with E-state index in [2.05, 4.69) is 22.4 Å². The van der Waals surface area contributed by atoms with Crippen LogP contribution in [0.3, 0.4) is 0 Å². The highest BCUT2D eigenvalue weighted by Crippen LogP contribution is 2.40. The molecule has 0 fully saturated rings. The van der Waals surface area contributed by atoms with Crippen LogP contribution in [0, 0.1) is 6.92 Å². The highest BCUT2D eigenvalue weighted by molar-refractivity contribution is 7.90. The normalized spacial score (nSPS) is 14.0. The minimum absolute atomic E-state index is 0.0552. The number of hydrogen-bond donors (Lipinski definition) is 3. The molecule has 3 aromatic carbocycles. The lowest BCUT2D eigenvalue weighted by atomic mass is 10.1. The lowest BCUT2D eigenvalue weighted by Crippen LogP contribution is -2.50. The van der Waals surface area contributed by atoms with Crippen molar-refractivity contribution >= 4 is 39.2 Å². The lowest BCUT2D eigenvalue weighted by molar-refractivity contribution is -0.137. The summed E-state index contributed by atoms with van der Waals surface area (Å²) in [5, 5.41) is 11.7. The van der Waals surface area contributed by atoms with Gasteiger partial charge in [0.25, 0.3) is 21.8 Å². The Bertz CT molecular complexity index is 1880. The molecule has 5 rings (SSSR count). The predicted molar refractivity (Wildman–Crippen MR) is 182 cm³/mol. The molecule has 13 nitrogen and oxygen atoms in total. The Labute approximate surface area is 284 Å². The van der Waals surface area contributed by atoms with Crippen LogP contribution in [-0.4, -0.2) is 66.7 Å². The first-order valence-electron chi connectivity index (χ1n) is 15.9. The van der Waals surface area contributed by atoms with E-state index in [0.717, 1.165) is 19.3 Å². The zero-order chi connectivity index (χ0) is 35.0. The molecule has 49 heavy (non-hydrogen) atoms. The van der Waals surface area contributed by atoms with Crippen LogP contribution in [0.1, 0.15) is 47.4 Å². The molecule has 0 radical (unpaired) electrons. The van der Waals surface area contributed by atoms with Gasteiger partial charge in [0.05, 0.1) is 24.5 Å². The number of para-hydroxylation sites is 1. The molecule has 1 aromatic heterocycles. The Morgan fingerprint density at radius 3 is 2.45 bits per heavy atom. The number of nitrogens with one attached hydrogen (secondary N) is 2. The topological polar surface area (TPSA) is 169 Å². The molecule has 1 atom stereocenters. The highest BCUT2D eigenvalue weighted by atomic mass is 32.2. The van der Waals surface area contributed by atoms with Crippen LogP contribution in [0.25, 0.3) is 0 Å². The Morgan fingerprint density at radius 2 is 1.76 bits per heavy atom. The average molecular weight is 690 g/mol. The number of ether oxygens (including phenoxy) is 2. The van der Waals surface area contributed by atoms with E-state index in [0.29, 0.717) is 29.4 Å². The van der Waals surface area contributed by atoms with E-state index in [1.165, 1.54) is 16.3 Å². The number of hydrogen-bond acceptors (Lipinski definition) is 9. The number of carbonyl (C=O) groups excluding carboxylic acids is 2. The van der Waals surface area contributed by atoms with Gasteiger partial charge < -0.3 is 29.4 Å². The van der Waals surface area contributed by atoms with Gasteiger partial charge in [0, 0.05) is 31.8 Å². The van der Waals surface area contributed by atoms with Gasteiger partial charge in [-0.1, -0.05) is 36.4 Å². The Morgan fingerprint density at radius 1 is 1.00 bits per heavy atom. The Balaban J connectivity index is 1.26. The molecule has 4 aromatic rings. The number of carbonyl (C=O) groups is 3. The fourth-order valence-electron chi connectivity index (χ4n) is 5.31. The van der Waals surface area contributed by atoms with E-state index >= 15 is 0 Å². The van der Waals surface area contributed by atoms with Crippen LogP contribution in [0.2, 0.25) is 0 Å². The summed E-state index contributed by atoms with van der Waals surface area (Å²) in [5.41, 5.74) is 2.42. The van der Waals surface area contributed by atoms with Crippen molar-refractivity contribution in [3.05, 3.63) is 95.9 Å². The quantitative estimate of drug-likeness (QED) is 0.153. The van der Waals surface area contributed by atoms with Crippen molar-refractivity contribution in [2.45, 2.75) is 50.2 Å². The van der Waals surface area contributed by atoms with Gasteiger partial charge in [0.1, 0.15) is 11.6 Å². The fourth-order valence-corrected chi connectivity index (χ4v) is 6.36. The summed E-state index contributed by atoms with van der Waals surface area (Å²) >= 11 is 0. The van der Waals surface area contributed by atoms with E-state index in [-0.39, 0.29) is 42.4 Å². The first-order chi connectivity index (χ1) is 23.5. The maximum atomic E-state index is 13.3. The number of anilines is 2. The van der Waals surface area contributed by atoms with Gasteiger partial charge in [-0.3, -0.25) is 14.4 Å². The van der Waals surface area contributed by atoms with Gasteiger partial charge in [0.2, 0.25) is 0 Å². The van der Waals surface area contributed by atoms with Crippen molar-refractivity contribution in [1.82, 2.24) is 14.3 Å². The van der Waals surface area contributed by atoms with Crippen molar-refractivity contribution in [2.75, 3.05) is 29.9 Å². The standard InChI is InChI=1S/C35H39N5O8S/c1-24-36-31(23-39(24)2)49(45,46)38-35(44)30-22-40(20-9-15-32(41)42)29-14-8-13-28(33(29)48-30)37-34(43)26-16-18-27(19-17-26)47-21-7-6-12-25-10-4-3-5-11-25/h3-5,8,10-11,13-14,16-19,23,30H,6-7,9,12,15,20-22H2,1-2H3,(H,37,43)(H,38,44)(H,41,42). The number of fused-ring (bicyclic) bond motifs is 1. The lowest BCUT2D eigenvalue weighted by Gasteiger charge is -2.36. The molecule has 1 unspecified atom stereocenters. The maximum Gasteiger partial charge on any atom is 0.303 e. The zero-order valence-corrected chi connectivity index (χ0v) is 28.1. The number of sulfonamides is 1. The van der Waals surface area contributed by atoms with Crippen LogP contribution < -0.4 is 24.4 Å². The minimum atomic E-state index is -4.31. The molecule has 0 saturated heterocycles. The maximum absolute atomic E-state index is 13.3. The van der Waals surface area contributed by atoms with E-state index in [9.17, 15) is 27.9 Å². The van der Waals surface area contributed by atoms with Gasteiger partial charge in [-0.25, -0.2) is 9.71 Å². The number of aromatic nitrogens is 2. The van der Waals surface area contributed by atoms with Crippen LogP contribution in [0.5, 0.6) is 11.5 Å². The van der Waals surface area contributed by atoms with E-state index in [1.54, 1.807) is 61.3 Å². The van der Waals surface area contributed by atoms with Crippen molar-refractivity contribution in [2.24, 2.45) is 7.05 Å². The first-order valence-corrected chi connectivity index (χ1v) is 17.4. The molecule has 14 heteroatoms. The number of aryl methyl sites for hydroxylation is 3. The largest absolute Gasteiger partial charge is 0.494 e. The number of nitrogens with zero attached hydrogens (tertiary/aromatic N) is 3. The number of carboxylic acid groups (broad SMARTS) is 1. The molecule has 2 heterocycles. The van der Waals surface area contributed by atoms with Crippen molar-refractivity contribution in [1.29, 1.82) is 0 Å². The summed E-state index contributed by atoms with van der Waals surface area (Å²) in [6, 6.07) is 22.0. The van der Waals surface area contributed by atoms with E-state index < -0.39 is 33.9 Å². The minimum Gasteiger partial charge on any atom is -0.494 e. The Kier molecular flexibility index (Phi) is 11.2. The molecule has 258 valence electrons. The van der Waals surface area contributed by atoms with Crippen molar-refractivity contribution < 1.29 is 37.4 Å². The summed E-state index contributed by atoms with van der Waals surface area (Å²) in [7, 11) is -2.68. The second-order valence-corrected chi connectivity index (χ2v) is 13.3. The Hall–Kier alpha value is -5.37.